The predicted octanol–water partition coefficient (Wildman–Crippen LogP) is 3.32. The molecule has 1 atom stereocenters. The van der Waals surface area contributed by atoms with Crippen LogP contribution in [0, 0.1) is 11.7 Å². The van der Waals surface area contributed by atoms with Crippen molar-refractivity contribution in [3.63, 3.8) is 0 Å². The number of phenolic OH excluding ortho intramolecular Hbond substituents is 1. The number of carbonyl (C=O) groups excluding carboxylic acids is 1. The van der Waals surface area contributed by atoms with E-state index in [1.54, 1.807) is 30.4 Å². The molecule has 0 aliphatic heterocycles. The van der Waals surface area contributed by atoms with Gasteiger partial charge in [0.1, 0.15) is 11.6 Å². The van der Waals surface area contributed by atoms with E-state index in [0.717, 1.165) is 5.56 Å². The molecule has 0 unspecified atom stereocenters. The highest BCUT2D eigenvalue weighted by Crippen LogP contribution is 2.31. The van der Waals surface area contributed by atoms with Gasteiger partial charge in [0, 0.05) is 0 Å². The van der Waals surface area contributed by atoms with Crippen LogP contribution in [-0.2, 0) is 0 Å². The maximum atomic E-state index is 13.0. The molecule has 146 valence electrons. The monoisotopic (exact) mass is 383 g/mol. The Kier molecular flexibility index (Phi) is 5.75. The molecule has 1 heterocycles. The zero-order chi connectivity index (χ0) is 20.3. The summed E-state index contributed by atoms with van der Waals surface area (Å²) in [4.78, 5) is 12.6. The minimum atomic E-state index is -0.471. The third-order valence-electron chi connectivity index (χ3n) is 4.60. The van der Waals surface area contributed by atoms with Crippen LogP contribution in [0.2, 0.25) is 0 Å². The molecular formula is C21H22FN3O3. The van der Waals surface area contributed by atoms with Gasteiger partial charge in [-0.1, -0.05) is 32.1 Å². The summed E-state index contributed by atoms with van der Waals surface area (Å²) < 4.78 is 13.0. The predicted molar refractivity (Wildman–Crippen MR) is 106 cm³/mol. The van der Waals surface area contributed by atoms with Crippen molar-refractivity contribution >= 4 is 29.0 Å². The van der Waals surface area contributed by atoms with Crippen molar-refractivity contribution in [3.8, 4) is 5.75 Å². The Hall–Kier alpha value is -3.19. The van der Waals surface area contributed by atoms with Crippen molar-refractivity contribution < 1.29 is 19.4 Å². The van der Waals surface area contributed by atoms with E-state index in [1.165, 1.54) is 18.2 Å². The molecule has 28 heavy (non-hydrogen) atoms. The summed E-state index contributed by atoms with van der Waals surface area (Å²) in [5.41, 5.74) is 1.91. The third kappa shape index (κ3) is 4.04. The van der Waals surface area contributed by atoms with Crippen LogP contribution in [0.25, 0.3) is 23.1 Å². The van der Waals surface area contributed by atoms with Gasteiger partial charge in [-0.3, -0.25) is 9.89 Å². The van der Waals surface area contributed by atoms with E-state index in [0.29, 0.717) is 16.6 Å². The number of hydrogen-bond donors (Lipinski definition) is 4. The molecule has 0 aliphatic rings. The SMILES string of the molecule is CC(C)[C@@H](CO)NC(=O)c1ccc2[nH]nc(C=Cc3ccc(F)cc3)c2c1O. The maximum absolute atomic E-state index is 13.0. The number of aromatic hydroxyl groups is 1. The Morgan fingerprint density at radius 3 is 2.57 bits per heavy atom. The van der Waals surface area contributed by atoms with Gasteiger partial charge in [-0.2, -0.15) is 5.10 Å². The second-order valence-electron chi connectivity index (χ2n) is 6.88. The first-order valence-electron chi connectivity index (χ1n) is 8.96. The van der Waals surface area contributed by atoms with Gasteiger partial charge in [-0.25, -0.2) is 4.39 Å². The Balaban J connectivity index is 1.93. The standard InChI is InChI=1S/C21H22FN3O3/c1-12(2)18(11-26)23-21(28)15-8-10-17-19(20(15)27)16(24-25-17)9-5-13-3-6-14(22)7-4-13/h3-10,12,18,26-27H,11H2,1-2H3,(H,23,28)(H,24,25)/t18-/m1/s1. The van der Waals surface area contributed by atoms with Gasteiger partial charge >= 0.3 is 0 Å². The second kappa shape index (κ2) is 8.22. The lowest BCUT2D eigenvalue weighted by Gasteiger charge is -2.20. The molecule has 0 saturated carbocycles. The molecular weight excluding hydrogens is 361 g/mol. The summed E-state index contributed by atoms with van der Waals surface area (Å²) in [6, 6.07) is 8.72. The number of aliphatic hydroxyl groups is 1. The second-order valence-corrected chi connectivity index (χ2v) is 6.88. The maximum Gasteiger partial charge on any atom is 0.255 e. The first-order chi connectivity index (χ1) is 13.4. The molecule has 1 amide bonds. The number of rotatable bonds is 6. The number of aromatic amines is 1. The summed E-state index contributed by atoms with van der Waals surface area (Å²) in [5.74, 6) is -0.939. The van der Waals surface area contributed by atoms with E-state index in [1.807, 2.05) is 13.8 Å². The van der Waals surface area contributed by atoms with Gasteiger partial charge in [-0.15, -0.1) is 0 Å². The lowest BCUT2D eigenvalue weighted by Crippen LogP contribution is -2.41. The summed E-state index contributed by atoms with van der Waals surface area (Å²) in [6.07, 6.45) is 3.42. The number of fused-ring (bicyclic) bond motifs is 1. The van der Waals surface area contributed by atoms with E-state index in [-0.39, 0.29) is 29.7 Å². The molecule has 0 fully saturated rings. The Morgan fingerprint density at radius 2 is 1.93 bits per heavy atom. The number of hydrogen-bond acceptors (Lipinski definition) is 4. The zero-order valence-electron chi connectivity index (χ0n) is 15.6. The third-order valence-corrected chi connectivity index (χ3v) is 4.60. The normalized spacial score (nSPS) is 12.8. The van der Waals surface area contributed by atoms with Gasteiger partial charge in [0.25, 0.3) is 5.91 Å². The van der Waals surface area contributed by atoms with Gasteiger partial charge < -0.3 is 15.5 Å². The molecule has 3 rings (SSSR count). The number of carbonyl (C=O) groups is 1. The number of halogens is 1. The number of aliphatic hydroxyl groups excluding tert-OH is 1. The largest absolute Gasteiger partial charge is 0.506 e. The number of aromatic nitrogens is 2. The van der Waals surface area contributed by atoms with Crippen LogP contribution in [0.3, 0.4) is 0 Å². The van der Waals surface area contributed by atoms with Crippen molar-refractivity contribution in [2.45, 2.75) is 19.9 Å². The van der Waals surface area contributed by atoms with Gasteiger partial charge in [0.15, 0.2) is 0 Å². The number of H-pyrrole nitrogens is 1. The highest BCUT2D eigenvalue weighted by atomic mass is 19.1. The van der Waals surface area contributed by atoms with Crippen LogP contribution in [0.1, 0.15) is 35.5 Å². The van der Waals surface area contributed by atoms with E-state index >= 15 is 0 Å². The van der Waals surface area contributed by atoms with Crippen molar-refractivity contribution in [3.05, 3.63) is 59.0 Å². The van der Waals surface area contributed by atoms with Gasteiger partial charge in [0.05, 0.1) is 34.8 Å². The summed E-state index contributed by atoms with van der Waals surface area (Å²) in [7, 11) is 0. The van der Waals surface area contributed by atoms with Crippen molar-refractivity contribution in [2.75, 3.05) is 6.61 Å². The van der Waals surface area contributed by atoms with Crippen molar-refractivity contribution in [1.82, 2.24) is 15.5 Å². The number of amides is 1. The minimum Gasteiger partial charge on any atom is -0.506 e. The average Bonchev–Trinajstić information content (AvgIpc) is 3.09. The van der Waals surface area contributed by atoms with E-state index < -0.39 is 11.9 Å². The Labute approximate surface area is 161 Å². The molecule has 7 heteroatoms. The van der Waals surface area contributed by atoms with Crippen molar-refractivity contribution in [2.24, 2.45) is 5.92 Å². The quantitative estimate of drug-likeness (QED) is 0.525. The van der Waals surface area contributed by atoms with Gasteiger partial charge in [0.2, 0.25) is 0 Å². The molecule has 6 nitrogen and oxygen atoms in total. The smallest absolute Gasteiger partial charge is 0.255 e. The molecule has 0 bridgehead atoms. The number of phenols is 1. The molecule has 0 radical (unpaired) electrons. The fraction of sp³-hybridized carbons (Fsp3) is 0.238. The number of benzene rings is 2. The van der Waals surface area contributed by atoms with Gasteiger partial charge in [-0.05, 0) is 41.8 Å². The first kappa shape index (κ1) is 19.6. The fourth-order valence-electron chi connectivity index (χ4n) is 2.84. The Morgan fingerprint density at radius 1 is 1.21 bits per heavy atom. The van der Waals surface area contributed by atoms with Crippen LogP contribution in [0.15, 0.2) is 36.4 Å². The molecule has 0 aliphatic carbocycles. The molecule has 3 aromatic rings. The molecule has 2 aromatic carbocycles. The number of nitrogens with one attached hydrogen (secondary N) is 2. The zero-order valence-corrected chi connectivity index (χ0v) is 15.6. The fourth-order valence-corrected chi connectivity index (χ4v) is 2.84. The average molecular weight is 383 g/mol. The van der Waals surface area contributed by atoms with Crippen LogP contribution >= 0.6 is 0 Å². The molecule has 1 aromatic heterocycles. The highest BCUT2D eigenvalue weighted by Gasteiger charge is 2.21. The first-order valence-corrected chi connectivity index (χ1v) is 8.96. The Bertz CT molecular complexity index is 1010. The number of nitrogens with zero attached hydrogens (tertiary/aromatic N) is 1. The summed E-state index contributed by atoms with van der Waals surface area (Å²) in [6.45, 7) is 3.58. The van der Waals surface area contributed by atoms with E-state index in [2.05, 4.69) is 15.5 Å². The topological polar surface area (TPSA) is 98.2 Å². The van der Waals surface area contributed by atoms with Crippen LogP contribution < -0.4 is 5.32 Å². The lowest BCUT2D eigenvalue weighted by molar-refractivity contribution is 0.0894. The molecule has 0 saturated heterocycles. The van der Waals surface area contributed by atoms with Crippen molar-refractivity contribution in [1.29, 1.82) is 0 Å². The van der Waals surface area contributed by atoms with Crippen LogP contribution in [0.5, 0.6) is 5.75 Å². The lowest BCUT2D eigenvalue weighted by atomic mass is 10.0. The van der Waals surface area contributed by atoms with Crippen LogP contribution in [-0.4, -0.2) is 39.0 Å². The van der Waals surface area contributed by atoms with Crippen LogP contribution in [0.4, 0.5) is 4.39 Å². The minimum absolute atomic E-state index is 0.0444. The van der Waals surface area contributed by atoms with E-state index in [9.17, 15) is 19.4 Å². The molecule has 0 spiro atoms. The summed E-state index contributed by atoms with van der Waals surface area (Å²) in [5, 5.41) is 30.2. The molecule has 4 N–H and O–H groups in total. The highest BCUT2D eigenvalue weighted by molar-refractivity contribution is 6.05. The summed E-state index contributed by atoms with van der Waals surface area (Å²) >= 11 is 0. The van der Waals surface area contributed by atoms with E-state index in [4.69, 9.17) is 0 Å².